The molecular weight excluding hydrogens is 470 g/mol. The maximum Gasteiger partial charge on any atom is 0.259 e. The fraction of sp³-hybridized carbons (Fsp3) is 0.200. The molecule has 3 N–H and O–H groups in total. The number of ether oxygens (including phenoxy) is 1. The minimum absolute atomic E-state index is 0.0223. The molecule has 2 amide bonds. The number of nitrogens with zero attached hydrogens (tertiary/aromatic N) is 1. The lowest BCUT2D eigenvalue weighted by Crippen LogP contribution is -2.36. The average molecular weight is 498 g/mol. The second-order valence-electron chi connectivity index (χ2n) is 7.83. The predicted molar refractivity (Wildman–Crippen MR) is 132 cm³/mol. The highest BCUT2D eigenvalue weighted by Crippen LogP contribution is 2.20. The van der Waals surface area contributed by atoms with E-state index in [0.717, 1.165) is 0 Å². The van der Waals surface area contributed by atoms with Gasteiger partial charge in [0.1, 0.15) is 18.5 Å². The van der Waals surface area contributed by atoms with Crippen LogP contribution in [0.25, 0.3) is 0 Å². The third-order valence-electron chi connectivity index (χ3n) is 4.92. The molecule has 3 aromatic rings. The lowest BCUT2D eigenvalue weighted by Gasteiger charge is -2.17. The Morgan fingerprint density at radius 1 is 0.914 bits per heavy atom. The molecule has 1 atom stereocenters. The van der Waals surface area contributed by atoms with Crippen LogP contribution in [-0.2, 0) is 10.0 Å². The van der Waals surface area contributed by atoms with E-state index in [0.29, 0.717) is 5.69 Å². The van der Waals surface area contributed by atoms with E-state index in [9.17, 15) is 23.1 Å². The van der Waals surface area contributed by atoms with Crippen LogP contribution in [0, 0.1) is 0 Å². The third-order valence-corrected chi connectivity index (χ3v) is 6.40. The van der Waals surface area contributed by atoms with Crippen molar-refractivity contribution in [2.75, 3.05) is 32.6 Å². The van der Waals surface area contributed by atoms with Crippen LogP contribution in [0.15, 0.2) is 83.8 Å². The summed E-state index contributed by atoms with van der Waals surface area (Å²) in [6.45, 7) is -0.623. The van der Waals surface area contributed by atoms with Crippen LogP contribution in [0.1, 0.15) is 20.7 Å². The SMILES string of the molecule is CN(C)C(=O)c1ccccc1S(=O)(=O)NC[C@@H](O)COc1ccccc1C(=O)Nc1ccccc1. The van der Waals surface area contributed by atoms with Crippen LogP contribution >= 0.6 is 0 Å². The standard InChI is InChI=1S/C25H27N3O6S/c1-28(2)25(31)21-13-7-9-15-23(21)35(32,33)26-16-19(29)17-34-22-14-8-6-12-20(22)24(30)27-18-10-4-3-5-11-18/h3-15,19,26,29H,16-17H2,1-2H3,(H,27,30)/t19-/m1/s1. The number of carbonyl (C=O) groups excluding carboxylic acids is 2. The number of sulfonamides is 1. The van der Waals surface area contributed by atoms with Crippen LogP contribution in [0.5, 0.6) is 5.75 Å². The number of aliphatic hydroxyl groups excluding tert-OH is 1. The minimum Gasteiger partial charge on any atom is -0.490 e. The molecule has 3 rings (SSSR count). The average Bonchev–Trinajstić information content (AvgIpc) is 2.86. The summed E-state index contributed by atoms with van der Waals surface area (Å²) >= 11 is 0. The molecular formula is C25H27N3O6S. The highest BCUT2D eigenvalue weighted by Gasteiger charge is 2.24. The lowest BCUT2D eigenvalue weighted by molar-refractivity contribution is 0.0823. The molecule has 35 heavy (non-hydrogen) atoms. The molecule has 0 fully saturated rings. The van der Waals surface area contributed by atoms with Gasteiger partial charge >= 0.3 is 0 Å². The van der Waals surface area contributed by atoms with Crippen molar-refractivity contribution in [3.05, 3.63) is 90.0 Å². The van der Waals surface area contributed by atoms with E-state index in [1.54, 1.807) is 54.6 Å². The lowest BCUT2D eigenvalue weighted by atomic mass is 10.2. The number of hydrogen-bond acceptors (Lipinski definition) is 6. The Morgan fingerprint density at radius 2 is 1.51 bits per heavy atom. The summed E-state index contributed by atoms with van der Waals surface area (Å²) in [6, 6.07) is 21.3. The quantitative estimate of drug-likeness (QED) is 0.395. The maximum atomic E-state index is 12.8. The number of rotatable bonds is 10. The molecule has 0 saturated heterocycles. The molecule has 0 heterocycles. The van der Waals surface area contributed by atoms with Crippen molar-refractivity contribution in [2.24, 2.45) is 0 Å². The zero-order chi connectivity index (χ0) is 25.4. The molecule has 0 unspecified atom stereocenters. The summed E-state index contributed by atoms with van der Waals surface area (Å²) in [5, 5.41) is 13.1. The van der Waals surface area contributed by atoms with Crippen LogP contribution < -0.4 is 14.8 Å². The van der Waals surface area contributed by atoms with E-state index in [1.165, 1.54) is 37.2 Å². The number of para-hydroxylation sites is 2. The molecule has 9 nitrogen and oxygen atoms in total. The Labute approximate surface area is 204 Å². The van der Waals surface area contributed by atoms with Gasteiger partial charge in [-0.1, -0.05) is 42.5 Å². The zero-order valence-electron chi connectivity index (χ0n) is 19.3. The van der Waals surface area contributed by atoms with Crippen LogP contribution in [0.3, 0.4) is 0 Å². The second kappa shape index (κ2) is 11.6. The van der Waals surface area contributed by atoms with Crippen molar-refractivity contribution >= 4 is 27.5 Å². The van der Waals surface area contributed by atoms with Gasteiger partial charge in [-0.2, -0.15) is 0 Å². The molecule has 0 aliphatic heterocycles. The topological polar surface area (TPSA) is 125 Å². The molecule has 0 bridgehead atoms. The van der Waals surface area contributed by atoms with Crippen LogP contribution in [0.2, 0.25) is 0 Å². The molecule has 0 radical (unpaired) electrons. The highest BCUT2D eigenvalue weighted by atomic mass is 32.2. The summed E-state index contributed by atoms with van der Waals surface area (Å²) < 4.78 is 33.5. The van der Waals surface area contributed by atoms with Crippen LogP contribution in [0.4, 0.5) is 5.69 Å². The summed E-state index contributed by atoms with van der Waals surface area (Å²) in [5.41, 5.74) is 0.907. The van der Waals surface area contributed by atoms with Gasteiger partial charge in [0, 0.05) is 26.3 Å². The van der Waals surface area contributed by atoms with Crippen molar-refractivity contribution in [1.29, 1.82) is 0 Å². The molecule has 0 aliphatic carbocycles. The van der Waals surface area contributed by atoms with E-state index in [4.69, 9.17) is 4.74 Å². The van der Waals surface area contributed by atoms with Gasteiger partial charge in [0.2, 0.25) is 10.0 Å². The van der Waals surface area contributed by atoms with Gasteiger partial charge in [-0.25, -0.2) is 13.1 Å². The number of carbonyl (C=O) groups is 2. The van der Waals surface area contributed by atoms with Gasteiger partial charge in [-0.3, -0.25) is 9.59 Å². The first kappa shape index (κ1) is 25.9. The fourth-order valence-corrected chi connectivity index (χ4v) is 4.42. The predicted octanol–water partition coefficient (Wildman–Crippen LogP) is 2.36. The maximum absolute atomic E-state index is 12.8. The zero-order valence-corrected chi connectivity index (χ0v) is 20.2. The molecule has 0 spiro atoms. The van der Waals surface area contributed by atoms with E-state index in [1.807, 2.05) is 6.07 Å². The van der Waals surface area contributed by atoms with Gasteiger partial charge in [0.05, 0.1) is 16.0 Å². The Kier molecular flexibility index (Phi) is 8.58. The van der Waals surface area contributed by atoms with Crippen molar-refractivity contribution in [3.63, 3.8) is 0 Å². The fourth-order valence-electron chi connectivity index (χ4n) is 3.15. The number of benzene rings is 3. The normalized spacial score (nSPS) is 12.0. The minimum atomic E-state index is -4.08. The summed E-state index contributed by atoms with van der Waals surface area (Å²) in [6.07, 6.45) is -1.22. The van der Waals surface area contributed by atoms with Gasteiger partial charge in [-0.05, 0) is 36.4 Å². The van der Waals surface area contributed by atoms with E-state index < -0.39 is 22.0 Å². The second-order valence-corrected chi connectivity index (χ2v) is 9.56. The van der Waals surface area contributed by atoms with Gasteiger partial charge in [0.25, 0.3) is 11.8 Å². The molecule has 10 heteroatoms. The Morgan fingerprint density at radius 3 is 2.20 bits per heavy atom. The first-order chi connectivity index (χ1) is 16.7. The van der Waals surface area contributed by atoms with E-state index >= 15 is 0 Å². The largest absolute Gasteiger partial charge is 0.490 e. The van der Waals surface area contributed by atoms with E-state index in [2.05, 4.69) is 10.0 Å². The van der Waals surface area contributed by atoms with Gasteiger partial charge in [0.15, 0.2) is 0 Å². The Balaban J connectivity index is 1.62. The van der Waals surface area contributed by atoms with E-state index in [-0.39, 0.29) is 40.8 Å². The number of nitrogens with one attached hydrogen (secondary N) is 2. The number of aliphatic hydroxyl groups is 1. The van der Waals surface area contributed by atoms with Gasteiger partial charge in [-0.15, -0.1) is 0 Å². The smallest absolute Gasteiger partial charge is 0.259 e. The van der Waals surface area contributed by atoms with Crippen molar-refractivity contribution in [3.8, 4) is 5.75 Å². The monoisotopic (exact) mass is 497 g/mol. The summed E-state index contributed by atoms with van der Waals surface area (Å²) in [5.74, 6) is -0.603. The third kappa shape index (κ3) is 6.89. The van der Waals surface area contributed by atoms with Crippen LogP contribution in [-0.4, -0.2) is 63.6 Å². The Bertz CT molecular complexity index is 1280. The van der Waals surface area contributed by atoms with Crippen molar-refractivity contribution < 1.29 is 27.9 Å². The number of anilines is 1. The first-order valence-corrected chi connectivity index (χ1v) is 12.2. The molecule has 0 aromatic heterocycles. The molecule has 184 valence electrons. The number of amides is 2. The highest BCUT2D eigenvalue weighted by molar-refractivity contribution is 7.89. The Hall–Kier alpha value is -3.73. The first-order valence-electron chi connectivity index (χ1n) is 10.8. The molecule has 0 saturated carbocycles. The van der Waals surface area contributed by atoms with Crippen molar-refractivity contribution in [2.45, 2.75) is 11.0 Å². The molecule has 0 aliphatic rings. The summed E-state index contributed by atoms with van der Waals surface area (Å²) in [7, 11) is -1.03. The summed E-state index contributed by atoms with van der Waals surface area (Å²) in [4.78, 5) is 26.1. The van der Waals surface area contributed by atoms with Crippen molar-refractivity contribution in [1.82, 2.24) is 9.62 Å². The van der Waals surface area contributed by atoms with Gasteiger partial charge < -0.3 is 20.1 Å². The molecule has 3 aromatic carbocycles. The number of hydrogen-bond donors (Lipinski definition) is 3.